The van der Waals surface area contributed by atoms with Gasteiger partial charge < -0.3 is 14.6 Å². The van der Waals surface area contributed by atoms with Gasteiger partial charge in [0.25, 0.3) is 0 Å². The van der Waals surface area contributed by atoms with Crippen LogP contribution in [0.5, 0.6) is 0 Å². The molecule has 1 saturated carbocycles. The largest absolute Gasteiger partial charge is 0.386 e. The van der Waals surface area contributed by atoms with E-state index in [0.717, 1.165) is 5.57 Å². The predicted molar refractivity (Wildman–Crippen MR) is 52.8 cm³/mol. The number of rotatable bonds is 0. The van der Waals surface area contributed by atoms with Gasteiger partial charge in [-0.25, -0.2) is 0 Å². The highest BCUT2D eigenvalue weighted by Crippen LogP contribution is 2.44. The van der Waals surface area contributed by atoms with Gasteiger partial charge in [0, 0.05) is 5.92 Å². The molecule has 4 atom stereocenters. The molecule has 0 aromatic rings. The smallest absolute Gasteiger partial charge is 0.163 e. The molecule has 0 aromatic carbocycles. The molecule has 0 bridgehead atoms. The Labute approximate surface area is 84.7 Å². The fourth-order valence-corrected chi connectivity index (χ4v) is 2.53. The van der Waals surface area contributed by atoms with Crippen molar-refractivity contribution >= 4 is 0 Å². The number of hydrogen-bond donors (Lipinski definition) is 1. The molecule has 0 aromatic heterocycles. The molecule has 3 heteroatoms. The van der Waals surface area contributed by atoms with Crippen LogP contribution in [0.1, 0.15) is 27.7 Å². The average Bonchev–Trinajstić information content (AvgIpc) is 2.50. The maximum atomic E-state index is 9.99. The van der Waals surface area contributed by atoms with Gasteiger partial charge in [0.2, 0.25) is 0 Å². The maximum Gasteiger partial charge on any atom is 0.163 e. The summed E-state index contributed by atoms with van der Waals surface area (Å²) in [5.74, 6) is -0.300. The first-order valence-corrected chi connectivity index (χ1v) is 5.16. The number of aliphatic hydroxyl groups excluding tert-OH is 1. The molecule has 1 aliphatic heterocycles. The normalized spacial score (nSPS) is 48.5. The zero-order chi connectivity index (χ0) is 10.5. The highest BCUT2D eigenvalue weighted by molar-refractivity contribution is 5.23. The lowest BCUT2D eigenvalue weighted by molar-refractivity contribution is -0.160. The van der Waals surface area contributed by atoms with E-state index in [-0.39, 0.29) is 18.1 Å². The first kappa shape index (κ1) is 10.1. The van der Waals surface area contributed by atoms with E-state index >= 15 is 0 Å². The monoisotopic (exact) mass is 198 g/mol. The summed E-state index contributed by atoms with van der Waals surface area (Å²) in [7, 11) is 0. The van der Waals surface area contributed by atoms with Gasteiger partial charge in [0.1, 0.15) is 12.2 Å². The molecule has 1 heterocycles. The Kier molecular flexibility index (Phi) is 2.21. The van der Waals surface area contributed by atoms with Crippen molar-refractivity contribution in [1.82, 2.24) is 0 Å². The Morgan fingerprint density at radius 3 is 2.36 bits per heavy atom. The summed E-state index contributed by atoms with van der Waals surface area (Å²) in [6.07, 6.45) is 1.28. The zero-order valence-electron chi connectivity index (χ0n) is 9.15. The molecule has 0 amide bonds. The second kappa shape index (κ2) is 3.05. The van der Waals surface area contributed by atoms with Gasteiger partial charge in [0.05, 0.1) is 6.10 Å². The van der Waals surface area contributed by atoms with E-state index in [1.807, 2.05) is 26.8 Å². The Bertz CT molecular complexity index is 248. The molecule has 0 unspecified atom stereocenters. The van der Waals surface area contributed by atoms with Gasteiger partial charge in [-0.05, 0) is 26.3 Å². The maximum absolute atomic E-state index is 9.99. The third-order valence-electron chi connectivity index (χ3n) is 3.17. The fraction of sp³-hybridized carbons (Fsp3) is 0.818. The van der Waals surface area contributed by atoms with Gasteiger partial charge in [-0.1, -0.05) is 13.0 Å². The van der Waals surface area contributed by atoms with Crippen LogP contribution in [0.2, 0.25) is 0 Å². The van der Waals surface area contributed by atoms with Crippen LogP contribution in [0.3, 0.4) is 0 Å². The Balaban J connectivity index is 2.25. The van der Waals surface area contributed by atoms with Crippen LogP contribution < -0.4 is 0 Å². The van der Waals surface area contributed by atoms with Crippen molar-refractivity contribution in [3.8, 4) is 0 Å². The summed E-state index contributed by atoms with van der Waals surface area (Å²) in [5.41, 5.74) is 1.04. The van der Waals surface area contributed by atoms with Crippen LogP contribution in [0.15, 0.2) is 11.6 Å². The zero-order valence-corrected chi connectivity index (χ0v) is 9.15. The van der Waals surface area contributed by atoms with Gasteiger partial charge in [-0.3, -0.25) is 0 Å². The lowest BCUT2D eigenvalue weighted by atomic mass is 10.0. The van der Waals surface area contributed by atoms with Crippen LogP contribution in [-0.2, 0) is 9.47 Å². The lowest BCUT2D eigenvalue weighted by Gasteiger charge is -2.22. The first-order chi connectivity index (χ1) is 6.46. The summed E-state index contributed by atoms with van der Waals surface area (Å²) >= 11 is 0. The molecule has 0 spiro atoms. The van der Waals surface area contributed by atoms with Crippen LogP contribution in [0, 0.1) is 5.92 Å². The highest BCUT2D eigenvalue weighted by atomic mass is 16.8. The van der Waals surface area contributed by atoms with Crippen molar-refractivity contribution in [3.05, 3.63) is 11.6 Å². The topological polar surface area (TPSA) is 38.7 Å². The van der Waals surface area contributed by atoms with Crippen LogP contribution >= 0.6 is 0 Å². The predicted octanol–water partition coefficient (Wildman–Crippen LogP) is 1.46. The summed E-state index contributed by atoms with van der Waals surface area (Å²) in [4.78, 5) is 0. The molecular formula is C11H18O3. The van der Waals surface area contributed by atoms with E-state index in [4.69, 9.17) is 9.47 Å². The molecule has 1 aliphatic carbocycles. The van der Waals surface area contributed by atoms with E-state index in [0.29, 0.717) is 0 Å². The molecule has 2 aliphatic rings. The molecule has 1 N–H and O–H groups in total. The van der Waals surface area contributed by atoms with Crippen molar-refractivity contribution in [1.29, 1.82) is 0 Å². The quantitative estimate of drug-likeness (QED) is 0.599. The highest BCUT2D eigenvalue weighted by Gasteiger charge is 2.54. The summed E-state index contributed by atoms with van der Waals surface area (Å²) in [5, 5.41) is 9.99. The van der Waals surface area contributed by atoms with Crippen molar-refractivity contribution in [2.45, 2.75) is 51.8 Å². The van der Waals surface area contributed by atoms with Crippen molar-refractivity contribution < 1.29 is 14.6 Å². The van der Waals surface area contributed by atoms with Crippen LogP contribution in [-0.4, -0.2) is 29.2 Å². The van der Waals surface area contributed by atoms with Gasteiger partial charge >= 0.3 is 0 Å². The van der Waals surface area contributed by atoms with Crippen molar-refractivity contribution in [2.24, 2.45) is 5.92 Å². The summed E-state index contributed by atoms with van der Waals surface area (Å²) in [6, 6.07) is 0. The standard InChI is InChI=1S/C11H18O3/c1-5-7-6(2)9-10(8(7)12)14-11(3,4)13-9/h5-6,8-10,12H,1-4H3/b7-5-/t6-,8+,9+,10-/m1/s1. The minimum atomic E-state index is -0.552. The van der Waals surface area contributed by atoms with Gasteiger partial charge in [-0.15, -0.1) is 0 Å². The second-order valence-electron chi connectivity index (χ2n) is 4.59. The molecule has 3 nitrogen and oxygen atoms in total. The van der Waals surface area contributed by atoms with Crippen LogP contribution in [0.25, 0.3) is 0 Å². The Hall–Kier alpha value is -0.380. The van der Waals surface area contributed by atoms with E-state index in [1.165, 1.54) is 0 Å². The van der Waals surface area contributed by atoms with E-state index in [2.05, 4.69) is 6.92 Å². The van der Waals surface area contributed by atoms with E-state index in [1.54, 1.807) is 0 Å². The third-order valence-corrected chi connectivity index (χ3v) is 3.17. The van der Waals surface area contributed by atoms with Gasteiger partial charge in [-0.2, -0.15) is 0 Å². The minimum Gasteiger partial charge on any atom is -0.386 e. The Morgan fingerprint density at radius 1 is 1.29 bits per heavy atom. The second-order valence-corrected chi connectivity index (χ2v) is 4.59. The molecule has 0 radical (unpaired) electrons. The number of allylic oxidation sites excluding steroid dienone is 1. The fourth-order valence-electron chi connectivity index (χ4n) is 2.53. The molecule has 2 fully saturated rings. The molecule has 2 rings (SSSR count). The van der Waals surface area contributed by atoms with Crippen LogP contribution in [0.4, 0.5) is 0 Å². The average molecular weight is 198 g/mol. The number of ether oxygens (including phenoxy) is 2. The van der Waals surface area contributed by atoms with E-state index < -0.39 is 11.9 Å². The first-order valence-electron chi connectivity index (χ1n) is 5.16. The van der Waals surface area contributed by atoms with Crippen molar-refractivity contribution in [2.75, 3.05) is 0 Å². The van der Waals surface area contributed by atoms with Gasteiger partial charge in [0.15, 0.2) is 5.79 Å². The molecule has 80 valence electrons. The molecule has 14 heavy (non-hydrogen) atoms. The lowest BCUT2D eigenvalue weighted by Crippen LogP contribution is -2.29. The number of aliphatic hydroxyl groups is 1. The SMILES string of the molecule is C/C=C1/[C@@H](C)[C@@H]2OC(C)(C)O[C@@H]2[C@H]1O. The summed E-state index contributed by atoms with van der Waals surface area (Å²) in [6.45, 7) is 7.80. The number of fused-ring (bicyclic) bond motifs is 1. The Morgan fingerprint density at radius 2 is 1.86 bits per heavy atom. The summed E-state index contributed by atoms with van der Waals surface area (Å²) < 4.78 is 11.4. The van der Waals surface area contributed by atoms with Crippen molar-refractivity contribution in [3.63, 3.8) is 0 Å². The molecular weight excluding hydrogens is 180 g/mol. The number of hydrogen-bond acceptors (Lipinski definition) is 3. The minimum absolute atomic E-state index is 0.00574. The third kappa shape index (κ3) is 1.31. The molecule has 1 saturated heterocycles. The van der Waals surface area contributed by atoms with E-state index in [9.17, 15) is 5.11 Å².